The van der Waals surface area contributed by atoms with Crippen molar-refractivity contribution in [2.75, 3.05) is 13.6 Å². The van der Waals surface area contributed by atoms with Crippen LogP contribution in [0.2, 0.25) is 0 Å². The van der Waals surface area contributed by atoms with Gasteiger partial charge >= 0.3 is 0 Å². The first kappa shape index (κ1) is 15.8. The predicted octanol–water partition coefficient (Wildman–Crippen LogP) is 1.43. The van der Waals surface area contributed by atoms with E-state index in [-0.39, 0.29) is 17.5 Å². The molecule has 0 spiro atoms. The van der Waals surface area contributed by atoms with E-state index >= 15 is 0 Å². The zero-order valence-electron chi connectivity index (χ0n) is 12.8. The Balaban J connectivity index is 2.30. The summed E-state index contributed by atoms with van der Waals surface area (Å²) in [4.78, 5) is 24.0. The molecule has 1 aromatic heterocycles. The Labute approximate surface area is 129 Å². The highest BCUT2D eigenvalue weighted by molar-refractivity contribution is 5.97. The van der Waals surface area contributed by atoms with Gasteiger partial charge in [0.25, 0.3) is 11.8 Å². The van der Waals surface area contributed by atoms with E-state index in [1.165, 1.54) is 13.1 Å². The summed E-state index contributed by atoms with van der Waals surface area (Å²) >= 11 is 0. The van der Waals surface area contributed by atoms with Gasteiger partial charge < -0.3 is 10.6 Å². The molecule has 1 heterocycles. The average molecular weight is 300 g/mol. The van der Waals surface area contributed by atoms with Gasteiger partial charge in [0.15, 0.2) is 5.69 Å². The van der Waals surface area contributed by atoms with Crippen LogP contribution in [-0.2, 0) is 6.54 Å². The first-order valence-electron chi connectivity index (χ1n) is 7.27. The van der Waals surface area contributed by atoms with Gasteiger partial charge in [-0.25, -0.2) is 0 Å². The smallest absolute Gasteiger partial charge is 0.271 e. The second-order valence-corrected chi connectivity index (χ2v) is 4.89. The highest BCUT2D eigenvalue weighted by Gasteiger charge is 2.18. The Morgan fingerprint density at radius 2 is 1.91 bits per heavy atom. The maximum Gasteiger partial charge on any atom is 0.271 e. The number of benzene rings is 1. The van der Waals surface area contributed by atoms with Crippen molar-refractivity contribution < 1.29 is 9.59 Å². The second-order valence-electron chi connectivity index (χ2n) is 4.89. The molecule has 2 N–H and O–H groups in total. The molecule has 0 saturated carbocycles. The van der Waals surface area contributed by atoms with Gasteiger partial charge in [-0.2, -0.15) is 5.10 Å². The molecule has 0 radical (unpaired) electrons. The highest BCUT2D eigenvalue weighted by Crippen LogP contribution is 2.09. The summed E-state index contributed by atoms with van der Waals surface area (Å²) in [5.74, 6) is -0.531. The molecule has 0 bridgehead atoms. The van der Waals surface area contributed by atoms with Crippen molar-refractivity contribution >= 4 is 11.8 Å². The van der Waals surface area contributed by atoms with Crippen LogP contribution in [-0.4, -0.2) is 35.2 Å². The normalized spacial score (nSPS) is 10.3. The molecule has 6 heteroatoms. The van der Waals surface area contributed by atoms with Crippen molar-refractivity contribution in [3.8, 4) is 0 Å². The summed E-state index contributed by atoms with van der Waals surface area (Å²) in [5.41, 5.74) is 1.63. The number of hydrogen-bond acceptors (Lipinski definition) is 3. The highest BCUT2D eigenvalue weighted by atomic mass is 16.2. The van der Waals surface area contributed by atoms with Gasteiger partial charge in [-0.1, -0.05) is 37.3 Å². The van der Waals surface area contributed by atoms with E-state index < -0.39 is 0 Å². The summed E-state index contributed by atoms with van der Waals surface area (Å²) in [6.45, 7) is 3.01. The number of nitrogens with zero attached hydrogens (tertiary/aromatic N) is 2. The zero-order valence-corrected chi connectivity index (χ0v) is 12.8. The molecule has 0 aliphatic heterocycles. The lowest BCUT2D eigenvalue weighted by molar-refractivity contribution is 0.0940. The molecule has 0 aliphatic carbocycles. The molecular formula is C16H20N4O2. The van der Waals surface area contributed by atoms with Crippen molar-refractivity contribution in [2.45, 2.75) is 19.9 Å². The quantitative estimate of drug-likeness (QED) is 0.847. The summed E-state index contributed by atoms with van der Waals surface area (Å²) in [6, 6.07) is 11.2. The maximum absolute atomic E-state index is 12.2. The third-order valence-electron chi connectivity index (χ3n) is 3.18. The van der Waals surface area contributed by atoms with E-state index in [1.807, 2.05) is 37.3 Å². The van der Waals surface area contributed by atoms with Crippen LogP contribution in [0.5, 0.6) is 0 Å². The summed E-state index contributed by atoms with van der Waals surface area (Å²) in [7, 11) is 1.54. The van der Waals surface area contributed by atoms with Gasteiger partial charge in [0.2, 0.25) is 0 Å². The topological polar surface area (TPSA) is 76.0 Å². The lowest BCUT2D eigenvalue weighted by Gasteiger charge is -2.07. The van der Waals surface area contributed by atoms with Gasteiger partial charge in [-0.05, 0) is 12.0 Å². The Morgan fingerprint density at radius 1 is 1.18 bits per heavy atom. The summed E-state index contributed by atoms with van der Waals surface area (Å²) in [5, 5.41) is 9.58. The number of carbonyl (C=O) groups is 2. The van der Waals surface area contributed by atoms with E-state index in [1.54, 1.807) is 4.68 Å². The molecule has 1 aromatic carbocycles. The fourth-order valence-corrected chi connectivity index (χ4v) is 2.04. The Hall–Kier alpha value is -2.63. The van der Waals surface area contributed by atoms with Crippen molar-refractivity contribution in [3.05, 3.63) is 53.3 Å². The molecule has 0 fully saturated rings. The van der Waals surface area contributed by atoms with E-state index in [9.17, 15) is 9.59 Å². The molecule has 0 atom stereocenters. The van der Waals surface area contributed by atoms with Crippen molar-refractivity contribution in [3.63, 3.8) is 0 Å². The Kier molecular flexibility index (Phi) is 5.30. The number of carbonyl (C=O) groups excluding carboxylic acids is 2. The SMILES string of the molecule is CCCNC(=O)c1cc(C(=O)NC)nn1Cc1ccccc1. The predicted molar refractivity (Wildman–Crippen MR) is 83.8 cm³/mol. The summed E-state index contributed by atoms with van der Waals surface area (Å²) < 4.78 is 1.56. The largest absolute Gasteiger partial charge is 0.354 e. The van der Waals surface area contributed by atoms with E-state index in [0.717, 1.165) is 12.0 Å². The lowest BCUT2D eigenvalue weighted by Crippen LogP contribution is -2.27. The van der Waals surface area contributed by atoms with Gasteiger partial charge in [0.1, 0.15) is 5.69 Å². The third kappa shape index (κ3) is 3.72. The van der Waals surface area contributed by atoms with Gasteiger partial charge in [0.05, 0.1) is 6.54 Å². The first-order chi connectivity index (χ1) is 10.7. The summed E-state index contributed by atoms with van der Waals surface area (Å²) in [6.07, 6.45) is 0.848. The molecule has 116 valence electrons. The number of rotatable bonds is 6. The van der Waals surface area contributed by atoms with Gasteiger partial charge in [-0.3, -0.25) is 14.3 Å². The van der Waals surface area contributed by atoms with E-state index in [2.05, 4.69) is 15.7 Å². The van der Waals surface area contributed by atoms with E-state index in [0.29, 0.717) is 18.8 Å². The number of aromatic nitrogens is 2. The minimum absolute atomic E-state index is 0.222. The molecule has 0 saturated heterocycles. The van der Waals surface area contributed by atoms with Crippen LogP contribution in [0.3, 0.4) is 0 Å². The minimum Gasteiger partial charge on any atom is -0.354 e. The van der Waals surface area contributed by atoms with Crippen LogP contribution >= 0.6 is 0 Å². The fraction of sp³-hybridized carbons (Fsp3) is 0.312. The van der Waals surface area contributed by atoms with Crippen molar-refractivity contribution in [2.24, 2.45) is 0 Å². The molecule has 0 aliphatic rings. The number of amides is 2. The second kappa shape index (κ2) is 7.40. The molecule has 2 amide bonds. The number of nitrogens with one attached hydrogen (secondary N) is 2. The van der Waals surface area contributed by atoms with Crippen LogP contribution < -0.4 is 10.6 Å². The van der Waals surface area contributed by atoms with Crippen LogP contribution in [0.1, 0.15) is 39.9 Å². The molecule has 0 unspecified atom stereocenters. The van der Waals surface area contributed by atoms with Gasteiger partial charge in [0, 0.05) is 19.7 Å². The fourth-order valence-electron chi connectivity index (χ4n) is 2.04. The molecular weight excluding hydrogens is 280 g/mol. The number of hydrogen-bond donors (Lipinski definition) is 2. The lowest BCUT2D eigenvalue weighted by atomic mass is 10.2. The first-order valence-corrected chi connectivity index (χ1v) is 7.27. The molecule has 6 nitrogen and oxygen atoms in total. The minimum atomic E-state index is -0.309. The van der Waals surface area contributed by atoms with Crippen LogP contribution in [0.25, 0.3) is 0 Å². The standard InChI is InChI=1S/C16H20N4O2/c1-3-9-18-16(22)14-10-13(15(21)17-2)19-20(14)11-12-7-5-4-6-8-12/h4-8,10H,3,9,11H2,1-2H3,(H,17,21)(H,18,22). The van der Waals surface area contributed by atoms with Crippen molar-refractivity contribution in [1.29, 1.82) is 0 Å². The van der Waals surface area contributed by atoms with Crippen molar-refractivity contribution in [1.82, 2.24) is 20.4 Å². The maximum atomic E-state index is 12.2. The molecule has 2 aromatic rings. The Morgan fingerprint density at radius 3 is 2.55 bits per heavy atom. The van der Waals surface area contributed by atoms with Crippen LogP contribution in [0.15, 0.2) is 36.4 Å². The molecule has 2 rings (SSSR count). The third-order valence-corrected chi connectivity index (χ3v) is 3.18. The average Bonchev–Trinajstić information content (AvgIpc) is 2.96. The van der Waals surface area contributed by atoms with E-state index in [4.69, 9.17) is 0 Å². The van der Waals surface area contributed by atoms with Gasteiger partial charge in [-0.15, -0.1) is 0 Å². The molecule has 22 heavy (non-hydrogen) atoms. The van der Waals surface area contributed by atoms with Crippen LogP contribution in [0, 0.1) is 0 Å². The Bertz CT molecular complexity index is 649. The zero-order chi connectivity index (χ0) is 15.9. The monoisotopic (exact) mass is 300 g/mol. The van der Waals surface area contributed by atoms with Crippen LogP contribution in [0.4, 0.5) is 0 Å².